The minimum Gasteiger partial charge on any atom is -0.496 e. The molecule has 2 N–H and O–H groups in total. The highest BCUT2D eigenvalue weighted by Crippen LogP contribution is 2.27. The van der Waals surface area contributed by atoms with Crippen LogP contribution in [-0.2, 0) is 16.2 Å². The molecule has 182 valence electrons. The average molecular weight is 494 g/mol. The molecule has 0 fully saturated rings. The van der Waals surface area contributed by atoms with Gasteiger partial charge in [0.05, 0.1) is 13.3 Å². The van der Waals surface area contributed by atoms with Gasteiger partial charge in [-0.05, 0) is 86.3 Å². The first-order valence-electron chi connectivity index (χ1n) is 11.0. The molecule has 0 atom stereocenters. The molecule has 35 heavy (non-hydrogen) atoms. The summed E-state index contributed by atoms with van der Waals surface area (Å²) in [6.07, 6.45) is 1.45. The van der Waals surface area contributed by atoms with Crippen LogP contribution < -0.4 is 20.2 Å². The van der Waals surface area contributed by atoms with Gasteiger partial charge in [0.25, 0.3) is 0 Å². The van der Waals surface area contributed by atoms with Crippen LogP contribution in [0, 0.1) is 27.7 Å². The van der Waals surface area contributed by atoms with Crippen molar-refractivity contribution in [1.82, 2.24) is 5.43 Å². The third kappa shape index (κ3) is 6.83. The first-order valence-corrected chi connectivity index (χ1v) is 11.3. The fraction of sp³-hybridized carbons (Fsp3) is 0.222. The summed E-state index contributed by atoms with van der Waals surface area (Å²) in [5, 5.41) is 7.21. The number of anilines is 1. The minimum absolute atomic E-state index is 0.260. The Morgan fingerprint density at radius 3 is 2.31 bits per heavy atom. The number of carbonyl (C=O) groups is 2. The number of benzene rings is 3. The van der Waals surface area contributed by atoms with E-state index < -0.39 is 11.8 Å². The van der Waals surface area contributed by atoms with Crippen molar-refractivity contribution in [2.45, 2.75) is 34.3 Å². The summed E-state index contributed by atoms with van der Waals surface area (Å²) in [6.45, 7) is 7.93. The first-order chi connectivity index (χ1) is 16.7. The number of ether oxygens (including phenoxy) is 2. The number of aryl methyl sites for hydroxylation is 4. The molecule has 0 aromatic heterocycles. The normalized spacial score (nSPS) is 10.8. The zero-order valence-corrected chi connectivity index (χ0v) is 21.1. The Balaban J connectivity index is 1.63. The second kappa shape index (κ2) is 11.5. The molecule has 0 radical (unpaired) electrons. The van der Waals surface area contributed by atoms with Crippen molar-refractivity contribution in [2.75, 3.05) is 12.4 Å². The van der Waals surface area contributed by atoms with Gasteiger partial charge in [-0.25, -0.2) is 5.43 Å². The topological polar surface area (TPSA) is 89.0 Å². The Hall–Kier alpha value is -3.84. The lowest BCUT2D eigenvalue weighted by atomic mass is 10.1. The summed E-state index contributed by atoms with van der Waals surface area (Å²) in [6, 6.07) is 14.7. The highest BCUT2D eigenvalue weighted by molar-refractivity contribution is 6.39. The predicted octanol–water partition coefficient (Wildman–Crippen LogP) is 5.25. The largest absolute Gasteiger partial charge is 0.496 e. The van der Waals surface area contributed by atoms with Gasteiger partial charge < -0.3 is 14.8 Å². The molecule has 0 bridgehead atoms. The maximum atomic E-state index is 12.2. The number of hydrazone groups is 1. The highest BCUT2D eigenvalue weighted by atomic mass is 35.5. The Bertz CT molecular complexity index is 1260. The lowest BCUT2D eigenvalue weighted by Gasteiger charge is -2.13. The van der Waals surface area contributed by atoms with Gasteiger partial charge in [-0.15, -0.1) is 0 Å². The number of amides is 2. The van der Waals surface area contributed by atoms with Crippen LogP contribution in [0.3, 0.4) is 0 Å². The number of methoxy groups -OCH3 is 1. The first kappa shape index (κ1) is 25.8. The fourth-order valence-corrected chi connectivity index (χ4v) is 3.60. The van der Waals surface area contributed by atoms with Crippen LogP contribution in [0.1, 0.15) is 33.4 Å². The van der Waals surface area contributed by atoms with E-state index in [0.29, 0.717) is 22.7 Å². The van der Waals surface area contributed by atoms with Gasteiger partial charge in [0.15, 0.2) is 0 Å². The van der Waals surface area contributed by atoms with Crippen molar-refractivity contribution in [3.05, 3.63) is 86.9 Å². The summed E-state index contributed by atoms with van der Waals surface area (Å²) < 4.78 is 11.4. The Labute approximate surface area is 210 Å². The molecule has 0 unspecified atom stereocenters. The Kier molecular flexibility index (Phi) is 8.49. The summed E-state index contributed by atoms with van der Waals surface area (Å²) in [5.41, 5.74) is 8.12. The molecule has 0 saturated carbocycles. The maximum Gasteiger partial charge on any atom is 0.329 e. The van der Waals surface area contributed by atoms with Crippen molar-refractivity contribution in [3.63, 3.8) is 0 Å². The van der Waals surface area contributed by atoms with Crippen molar-refractivity contribution in [2.24, 2.45) is 5.10 Å². The Morgan fingerprint density at radius 1 is 0.943 bits per heavy atom. The lowest BCUT2D eigenvalue weighted by Crippen LogP contribution is -2.32. The summed E-state index contributed by atoms with van der Waals surface area (Å²) in [7, 11) is 1.58. The molecule has 3 rings (SSSR count). The van der Waals surface area contributed by atoms with Gasteiger partial charge >= 0.3 is 11.8 Å². The van der Waals surface area contributed by atoms with Crippen molar-refractivity contribution >= 4 is 35.3 Å². The fourth-order valence-electron chi connectivity index (χ4n) is 3.49. The van der Waals surface area contributed by atoms with E-state index in [9.17, 15) is 9.59 Å². The van der Waals surface area contributed by atoms with E-state index >= 15 is 0 Å². The monoisotopic (exact) mass is 493 g/mol. The van der Waals surface area contributed by atoms with Crippen molar-refractivity contribution in [3.8, 4) is 11.5 Å². The van der Waals surface area contributed by atoms with Crippen LogP contribution in [0.25, 0.3) is 0 Å². The zero-order valence-electron chi connectivity index (χ0n) is 20.4. The quantitative estimate of drug-likeness (QED) is 0.267. The number of hydrogen-bond donors (Lipinski definition) is 2. The minimum atomic E-state index is -0.869. The van der Waals surface area contributed by atoms with E-state index in [1.165, 1.54) is 6.21 Å². The highest BCUT2D eigenvalue weighted by Gasteiger charge is 2.14. The van der Waals surface area contributed by atoms with Crippen molar-refractivity contribution in [1.29, 1.82) is 0 Å². The average Bonchev–Trinajstić information content (AvgIpc) is 2.82. The van der Waals surface area contributed by atoms with Gasteiger partial charge in [0, 0.05) is 16.3 Å². The number of rotatable bonds is 7. The van der Waals surface area contributed by atoms with E-state index in [0.717, 1.165) is 32.8 Å². The van der Waals surface area contributed by atoms with E-state index in [1.54, 1.807) is 25.3 Å². The van der Waals surface area contributed by atoms with E-state index in [4.69, 9.17) is 21.1 Å². The second-order valence-corrected chi connectivity index (χ2v) is 8.58. The van der Waals surface area contributed by atoms with Crippen LogP contribution in [-0.4, -0.2) is 25.1 Å². The van der Waals surface area contributed by atoms with Crippen LogP contribution in [0.4, 0.5) is 5.69 Å². The van der Waals surface area contributed by atoms with E-state index in [2.05, 4.69) is 15.8 Å². The number of halogens is 1. The predicted molar refractivity (Wildman–Crippen MR) is 139 cm³/mol. The van der Waals surface area contributed by atoms with E-state index in [1.807, 2.05) is 58.0 Å². The Morgan fingerprint density at radius 2 is 1.66 bits per heavy atom. The number of carbonyl (C=O) groups excluding carboxylic acids is 2. The molecule has 0 heterocycles. The number of nitrogens with one attached hydrogen (secondary N) is 2. The van der Waals surface area contributed by atoms with Crippen LogP contribution in [0.2, 0.25) is 5.02 Å². The smallest absolute Gasteiger partial charge is 0.329 e. The van der Waals surface area contributed by atoms with Crippen LogP contribution >= 0.6 is 11.6 Å². The molecule has 8 heteroatoms. The lowest BCUT2D eigenvalue weighted by molar-refractivity contribution is -0.136. The van der Waals surface area contributed by atoms with Gasteiger partial charge in [-0.3, -0.25) is 9.59 Å². The number of hydrogen-bond acceptors (Lipinski definition) is 5. The van der Waals surface area contributed by atoms with Gasteiger partial charge in [0.2, 0.25) is 0 Å². The molecule has 0 saturated heterocycles. The molecular weight excluding hydrogens is 466 g/mol. The summed E-state index contributed by atoms with van der Waals surface area (Å²) in [4.78, 5) is 24.3. The maximum absolute atomic E-state index is 12.2. The SMILES string of the molecule is COc1ccc(/C=N/NC(=O)C(=O)Nc2ccc(C)cc2C)cc1COc1cc(C)c(Cl)c(C)c1. The molecule has 0 aliphatic heterocycles. The number of nitrogens with zero attached hydrogens (tertiary/aromatic N) is 1. The van der Waals surface area contributed by atoms with Gasteiger partial charge in [-0.1, -0.05) is 29.3 Å². The molecule has 0 aliphatic rings. The third-order valence-electron chi connectivity index (χ3n) is 5.32. The van der Waals surface area contributed by atoms with Gasteiger partial charge in [-0.2, -0.15) is 5.10 Å². The zero-order chi connectivity index (χ0) is 25.5. The van der Waals surface area contributed by atoms with E-state index in [-0.39, 0.29) is 6.61 Å². The molecular formula is C27H28ClN3O4. The van der Waals surface area contributed by atoms with Crippen LogP contribution in [0.15, 0.2) is 53.6 Å². The van der Waals surface area contributed by atoms with Crippen LogP contribution in [0.5, 0.6) is 11.5 Å². The van der Waals surface area contributed by atoms with Crippen molar-refractivity contribution < 1.29 is 19.1 Å². The summed E-state index contributed by atoms with van der Waals surface area (Å²) in [5.74, 6) is -0.313. The molecule has 7 nitrogen and oxygen atoms in total. The molecule has 2 amide bonds. The second-order valence-electron chi connectivity index (χ2n) is 8.20. The van der Waals surface area contributed by atoms with Gasteiger partial charge in [0.1, 0.15) is 18.1 Å². The summed E-state index contributed by atoms with van der Waals surface area (Å²) >= 11 is 6.23. The molecule has 0 aliphatic carbocycles. The molecule has 3 aromatic carbocycles. The molecule has 3 aromatic rings. The standard InChI is InChI=1S/C27H28ClN3O4/c1-16-6-8-23(17(2)10-16)30-26(32)27(33)31-29-14-20-7-9-24(34-5)21(13-20)15-35-22-11-18(3)25(28)19(4)12-22/h6-14H,15H2,1-5H3,(H,30,32)(H,31,33)/b29-14+. The third-order valence-corrected chi connectivity index (χ3v) is 5.92. The molecule has 0 spiro atoms.